The summed E-state index contributed by atoms with van der Waals surface area (Å²) in [5.41, 5.74) is 8.26. The molecule has 0 bridgehead atoms. The van der Waals surface area contributed by atoms with Crippen LogP contribution >= 0.6 is 0 Å². The molecule has 0 aromatic heterocycles. The van der Waals surface area contributed by atoms with Gasteiger partial charge in [-0.25, -0.2) is 4.79 Å². The maximum absolute atomic E-state index is 12.7. The quantitative estimate of drug-likeness (QED) is 0.442. The molecule has 3 aromatic carbocycles. The van der Waals surface area contributed by atoms with Crippen molar-refractivity contribution in [1.82, 2.24) is 0 Å². The molecule has 7 nitrogen and oxygen atoms in total. The predicted octanol–water partition coefficient (Wildman–Crippen LogP) is 4.53. The van der Waals surface area contributed by atoms with E-state index >= 15 is 0 Å². The van der Waals surface area contributed by atoms with Gasteiger partial charge in [-0.1, -0.05) is 30.3 Å². The summed E-state index contributed by atoms with van der Waals surface area (Å²) in [4.78, 5) is 12.7. The van der Waals surface area contributed by atoms with E-state index in [4.69, 9.17) is 24.7 Å². The van der Waals surface area contributed by atoms with Gasteiger partial charge in [-0.05, 0) is 42.8 Å². The number of nitrogens with zero attached hydrogens (tertiary/aromatic N) is 1. The topological polar surface area (TPSA) is 104 Å². The number of carbonyl (C=O) groups is 1. The van der Waals surface area contributed by atoms with Crippen molar-refractivity contribution in [2.24, 2.45) is 5.73 Å². The number of esters is 1. The highest BCUT2D eigenvalue weighted by Gasteiger charge is 2.31. The van der Waals surface area contributed by atoms with Crippen LogP contribution < -0.4 is 24.7 Å². The zero-order chi connectivity index (χ0) is 23.4. The summed E-state index contributed by atoms with van der Waals surface area (Å²) in [6, 6.07) is 21.5. The van der Waals surface area contributed by atoms with Gasteiger partial charge in [-0.3, -0.25) is 0 Å². The van der Waals surface area contributed by atoms with Gasteiger partial charge in [0, 0.05) is 11.6 Å². The fraction of sp³-hybridized carbons (Fsp3) is 0.154. The summed E-state index contributed by atoms with van der Waals surface area (Å²) in [5.74, 6) is 0.787. The van der Waals surface area contributed by atoms with Gasteiger partial charge in [0.25, 0.3) is 0 Å². The van der Waals surface area contributed by atoms with Crippen LogP contribution in [-0.4, -0.2) is 19.7 Å². The van der Waals surface area contributed by atoms with E-state index in [9.17, 15) is 10.1 Å². The lowest BCUT2D eigenvalue weighted by Crippen LogP contribution is -2.21. The molecule has 0 spiro atoms. The Hall–Kier alpha value is -4.44. The highest BCUT2D eigenvalue weighted by atomic mass is 16.5. The normalized spacial score (nSPS) is 14.5. The molecule has 2 N–H and O–H groups in total. The van der Waals surface area contributed by atoms with Crippen LogP contribution in [-0.2, 0) is 0 Å². The number of methoxy groups -OCH3 is 1. The number of fused-ring (bicyclic) bond motifs is 1. The zero-order valence-corrected chi connectivity index (χ0v) is 18.2. The average Bonchev–Trinajstić information content (AvgIpc) is 2.83. The van der Waals surface area contributed by atoms with Crippen molar-refractivity contribution in [3.05, 3.63) is 94.9 Å². The molecule has 4 rings (SSSR count). The Morgan fingerprint density at radius 3 is 2.67 bits per heavy atom. The minimum Gasteiger partial charge on any atom is -0.496 e. The molecule has 1 heterocycles. The maximum Gasteiger partial charge on any atom is 0.347 e. The number of ether oxygens (including phenoxy) is 4. The van der Waals surface area contributed by atoms with Crippen LogP contribution in [0.1, 0.15) is 34.3 Å². The second kappa shape index (κ2) is 9.37. The standard InChI is InChI=1S/C26H22N2O5/c1-3-31-17-8-6-7-16(13-17)24-19-12-11-18(14-23(19)33-25(28)21(24)15-27)32-26(29)20-9-4-5-10-22(20)30-2/h4-14,24H,3,28H2,1-2H3. The maximum atomic E-state index is 12.7. The number of hydrogen-bond acceptors (Lipinski definition) is 7. The molecule has 33 heavy (non-hydrogen) atoms. The second-order valence-electron chi connectivity index (χ2n) is 7.22. The van der Waals surface area contributed by atoms with E-state index in [2.05, 4.69) is 6.07 Å². The largest absolute Gasteiger partial charge is 0.496 e. The third kappa shape index (κ3) is 4.32. The van der Waals surface area contributed by atoms with Crippen molar-refractivity contribution in [3.8, 4) is 29.1 Å². The van der Waals surface area contributed by atoms with E-state index in [-0.39, 0.29) is 11.6 Å². The lowest BCUT2D eigenvalue weighted by atomic mass is 9.83. The first-order valence-corrected chi connectivity index (χ1v) is 10.3. The molecule has 1 aliphatic heterocycles. The third-order valence-electron chi connectivity index (χ3n) is 5.23. The molecule has 0 radical (unpaired) electrons. The van der Waals surface area contributed by atoms with Crippen LogP contribution in [0.25, 0.3) is 0 Å². The molecular weight excluding hydrogens is 420 g/mol. The Bertz CT molecular complexity index is 1280. The van der Waals surface area contributed by atoms with E-state index in [1.54, 1.807) is 42.5 Å². The zero-order valence-electron chi connectivity index (χ0n) is 18.2. The number of allylic oxidation sites excluding steroid dienone is 1. The van der Waals surface area contributed by atoms with Crippen LogP contribution in [0.2, 0.25) is 0 Å². The number of nitriles is 1. The Morgan fingerprint density at radius 1 is 1.09 bits per heavy atom. The Balaban J connectivity index is 1.69. The summed E-state index contributed by atoms with van der Waals surface area (Å²) in [7, 11) is 1.49. The fourth-order valence-electron chi connectivity index (χ4n) is 3.77. The van der Waals surface area contributed by atoms with Crippen molar-refractivity contribution < 1.29 is 23.7 Å². The number of para-hydroxylation sites is 1. The van der Waals surface area contributed by atoms with Crippen LogP contribution in [0.3, 0.4) is 0 Å². The lowest BCUT2D eigenvalue weighted by Gasteiger charge is -2.27. The van der Waals surface area contributed by atoms with Gasteiger partial charge < -0.3 is 24.7 Å². The Morgan fingerprint density at radius 2 is 1.91 bits per heavy atom. The monoisotopic (exact) mass is 442 g/mol. The van der Waals surface area contributed by atoms with Crippen molar-refractivity contribution in [2.45, 2.75) is 12.8 Å². The van der Waals surface area contributed by atoms with Crippen LogP contribution in [0, 0.1) is 11.3 Å². The molecular formula is C26H22N2O5. The SMILES string of the molecule is CCOc1cccc(C2C(C#N)=C(N)Oc3cc(OC(=O)c4ccccc4OC)ccc32)c1. The van der Waals surface area contributed by atoms with Crippen LogP contribution in [0.4, 0.5) is 0 Å². The van der Waals surface area contributed by atoms with Gasteiger partial charge in [-0.2, -0.15) is 5.26 Å². The molecule has 1 atom stereocenters. The smallest absolute Gasteiger partial charge is 0.347 e. The van der Waals surface area contributed by atoms with Crippen molar-refractivity contribution in [3.63, 3.8) is 0 Å². The molecule has 0 saturated heterocycles. The van der Waals surface area contributed by atoms with Crippen LogP contribution in [0.15, 0.2) is 78.2 Å². The Labute approximate surface area is 191 Å². The average molecular weight is 442 g/mol. The highest BCUT2D eigenvalue weighted by Crippen LogP contribution is 2.44. The molecule has 0 fully saturated rings. The molecule has 0 saturated carbocycles. The van der Waals surface area contributed by atoms with E-state index in [1.807, 2.05) is 31.2 Å². The number of carbonyl (C=O) groups excluding carboxylic acids is 1. The first-order valence-electron chi connectivity index (χ1n) is 10.3. The van der Waals surface area contributed by atoms with E-state index in [0.29, 0.717) is 35.0 Å². The van der Waals surface area contributed by atoms with Crippen molar-refractivity contribution >= 4 is 5.97 Å². The fourth-order valence-corrected chi connectivity index (χ4v) is 3.77. The van der Waals surface area contributed by atoms with E-state index in [1.165, 1.54) is 7.11 Å². The van der Waals surface area contributed by atoms with E-state index in [0.717, 1.165) is 11.1 Å². The number of benzene rings is 3. The molecule has 166 valence electrons. The summed E-state index contributed by atoms with van der Waals surface area (Å²) in [6.07, 6.45) is 0. The summed E-state index contributed by atoms with van der Waals surface area (Å²) >= 11 is 0. The molecule has 7 heteroatoms. The highest BCUT2D eigenvalue weighted by molar-refractivity contribution is 5.94. The van der Waals surface area contributed by atoms with E-state index < -0.39 is 11.9 Å². The van der Waals surface area contributed by atoms with Crippen molar-refractivity contribution in [2.75, 3.05) is 13.7 Å². The van der Waals surface area contributed by atoms with Gasteiger partial charge >= 0.3 is 5.97 Å². The molecule has 3 aromatic rings. The van der Waals surface area contributed by atoms with Gasteiger partial charge in [0.2, 0.25) is 5.88 Å². The molecule has 1 aliphatic rings. The number of hydrogen-bond donors (Lipinski definition) is 1. The predicted molar refractivity (Wildman–Crippen MR) is 121 cm³/mol. The first-order chi connectivity index (χ1) is 16.0. The molecule has 1 unspecified atom stereocenters. The summed E-state index contributed by atoms with van der Waals surface area (Å²) in [6.45, 7) is 2.43. The Kier molecular flexibility index (Phi) is 6.18. The molecule has 0 amide bonds. The summed E-state index contributed by atoms with van der Waals surface area (Å²) < 4.78 is 22.1. The minimum atomic E-state index is -0.564. The summed E-state index contributed by atoms with van der Waals surface area (Å²) in [5, 5.41) is 9.76. The van der Waals surface area contributed by atoms with Gasteiger partial charge in [0.1, 0.15) is 40.2 Å². The van der Waals surface area contributed by atoms with Crippen molar-refractivity contribution in [1.29, 1.82) is 5.26 Å². The van der Waals surface area contributed by atoms with Crippen LogP contribution in [0.5, 0.6) is 23.0 Å². The second-order valence-corrected chi connectivity index (χ2v) is 7.22. The first kappa shape index (κ1) is 21.8. The van der Waals surface area contributed by atoms with Gasteiger partial charge in [0.05, 0.1) is 19.6 Å². The number of rotatable bonds is 6. The number of nitrogens with two attached hydrogens (primary N) is 1. The molecule has 0 aliphatic carbocycles. The van der Waals surface area contributed by atoms with Gasteiger partial charge in [-0.15, -0.1) is 0 Å². The lowest BCUT2D eigenvalue weighted by molar-refractivity contribution is 0.0731. The minimum absolute atomic E-state index is 0.00465. The third-order valence-corrected chi connectivity index (χ3v) is 5.23. The van der Waals surface area contributed by atoms with Gasteiger partial charge in [0.15, 0.2) is 0 Å².